The maximum absolute atomic E-state index is 11.9. The predicted molar refractivity (Wildman–Crippen MR) is 62.5 cm³/mol. The van der Waals surface area contributed by atoms with Crippen LogP contribution in [0.4, 0.5) is 0 Å². The number of carbonyl (C=O) groups is 2. The normalized spacial score (nSPS) is 14.5. The first-order valence-corrected chi connectivity index (χ1v) is 5.66. The molecule has 2 rings (SSSR count). The van der Waals surface area contributed by atoms with E-state index in [4.69, 9.17) is 4.74 Å². The fraction of sp³-hybridized carbons (Fsp3) is 0.167. The van der Waals surface area contributed by atoms with Crippen LogP contribution in [0.25, 0.3) is 0 Å². The number of ether oxygens (including phenoxy) is 1. The van der Waals surface area contributed by atoms with Crippen LogP contribution in [0.3, 0.4) is 0 Å². The Labute approximate surface area is 101 Å². The van der Waals surface area contributed by atoms with Crippen LogP contribution in [-0.2, 0) is 4.74 Å². The summed E-state index contributed by atoms with van der Waals surface area (Å²) < 4.78 is 5.91. The van der Waals surface area contributed by atoms with Crippen LogP contribution in [0, 0.1) is 0 Å². The number of allylic oxidation sites excluding steroid dienone is 2. The Kier molecular flexibility index (Phi) is 2.92. The molecule has 0 saturated carbocycles. The summed E-state index contributed by atoms with van der Waals surface area (Å²) in [6.45, 7) is 2.14. The number of hydrogen-bond donors (Lipinski definition) is 0. The summed E-state index contributed by atoms with van der Waals surface area (Å²) in [6.07, 6.45) is 1.25. The van der Waals surface area contributed by atoms with Crippen molar-refractivity contribution in [1.29, 1.82) is 0 Å². The van der Waals surface area contributed by atoms with Gasteiger partial charge in [-0.3, -0.25) is 9.59 Å². The van der Waals surface area contributed by atoms with E-state index < -0.39 is 0 Å². The number of Topliss-reactive ketones (excluding diaryl/α,β-unsaturated/α-hetero) is 1. The Morgan fingerprint density at radius 3 is 2.69 bits per heavy atom. The number of ketones is 2. The number of rotatable bonds is 2. The van der Waals surface area contributed by atoms with Gasteiger partial charge in [-0.25, -0.2) is 0 Å². The zero-order chi connectivity index (χ0) is 11.7. The molecule has 0 N–H and O–H groups in total. The molecule has 0 fully saturated rings. The zero-order valence-corrected chi connectivity index (χ0v) is 10.2. The smallest absolute Gasteiger partial charge is 0.228 e. The molecule has 82 valence electrons. The standard InChI is InChI=1S/C12H9BrO3/c1-2-16-11-6-10(14)8-4-3-7(13)5-9(8)12(11)15/h3-6H,2H2,1H3. The van der Waals surface area contributed by atoms with Crippen molar-refractivity contribution in [2.45, 2.75) is 6.92 Å². The molecule has 0 spiro atoms. The molecule has 16 heavy (non-hydrogen) atoms. The van der Waals surface area contributed by atoms with E-state index in [-0.39, 0.29) is 17.3 Å². The minimum atomic E-state index is -0.238. The van der Waals surface area contributed by atoms with Gasteiger partial charge in [0.1, 0.15) is 0 Å². The number of carbonyl (C=O) groups excluding carboxylic acids is 2. The average molecular weight is 281 g/mol. The summed E-state index contributed by atoms with van der Waals surface area (Å²) in [5, 5.41) is 0. The SMILES string of the molecule is CCOC1=CC(=O)c2ccc(Br)cc2C1=O. The Balaban J connectivity index is 2.52. The molecule has 0 bridgehead atoms. The fourth-order valence-electron chi connectivity index (χ4n) is 1.58. The third kappa shape index (κ3) is 1.80. The number of hydrogen-bond acceptors (Lipinski definition) is 3. The van der Waals surface area contributed by atoms with Crippen LogP contribution in [0.2, 0.25) is 0 Å². The maximum Gasteiger partial charge on any atom is 0.228 e. The van der Waals surface area contributed by atoms with Crippen LogP contribution in [0.5, 0.6) is 0 Å². The molecule has 0 unspecified atom stereocenters. The number of fused-ring (bicyclic) bond motifs is 1. The Morgan fingerprint density at radius 2 is 2.00 bits per heavy atom. The molecule has 0 amide bonds. The molecular weight excluding hydrogens is 272 g/mol. The van der Waals surface area contributed by atoms with Crippen molar-refractivity contribution in [3.8, 4) is 0 Å². The highest BCUT2D eigenvalue weighted by atomic mass is 79.9. The first kappa shape index (κ1) is 11.1. The summed E-state index contributed by atoms with van der Waals surface area (Å²) in [6, 6.07) is 5.02. The number of benzene rings is 1. The number of halogens is 1. The molecule has 0 heterocycles. The molecule has 0 aromatic heterocycles. The van der Waals surface area contributed by atoms with Gasteiger partial charge >= 0.3 is 0 Å². The summed E-state index contributed by atoms with van der Waals surface area (Å²) >= 11 is 3.27. The van der Waals surface area contributed by atoms with Crippen molar-refractivity contribution in [3.05, 3.63) is 45.6 Å². The summed E-state index contributed by atoms with van der Waals surface area (Å²) in [5.74, 6) is -0.304. The predicted octanol–water partition coefficient (Wildman–Crippen LogP) is 2.75. The first-order chi connectivity index (χ1) is 7.63. The Bertz CT molecular complexity index is 503. The largest absolute Gasteiger partial charge is 0.490 e. The van der Waals surface area contributed by atoms with E-state index in [2.05, 4.69) is 15.9 Å². The molecule has 1 aromatic rings. The lowest BCUT2D eigenvalue weighted by Crippen LogP contribution is -2.18. The van der Waals surface area contributed by atoms with Gasteiger partial charge in [-0.2, -0.15) is 0 Å². The van der Waals surface area contributed by atoms with Crippen molar-refractivity contribution < 1.29 is 14.3 Å². The fourth-order valence-corrected chi connectivity index (χ4v) is 1.94. The van der Waals surface area contributed by atoms with Crippen molar-refractivity contribution >= 4 is 27.5 Å². The van der Waals surface area contributed by atoms with E-state index in [1.165, 1.54) is 6.08 Å². The first-order valence-electron chi connectivity index (χ1n) is 4.86. The van der Waals surface area contributed by atoms with Crippen LogP contribution >= 0.6 is 15.9 Å². The van der Waals surface area contributed by atoms with Gasteiger partial charge in [0.15, 0.2) is 11.5 Å². The van der Waals surface area contributed by atoms with E-state index in [0.29, 0.717) is 17.7 Å². The second-order valence-electron chi connectivity index (χ2n) is 3.32. The maximum atomic E-state index is 11.9. The molecule has 4 heteroatoms. The van der Waals surface area contributed by atoms with Crippen LogP contribution in [0.1, 0.15) is 27.6 Å². The van der Waals surface area contributed by atoms with Gasteiger partial charge in [-0.1, -0.05) is 15.9 Å². The van der Waals surface area contributed by atoms with Gasteiger partial charge in [-0.05, 0) is 25.1 Å². The third-order valence-corrected chi connectivity index (χ3v) is 2.77. The minimum absolute atomic E-state index is 0.123. The second kappa shape index (κ2) is 4.22. The van der Waals surface area contributed by atoms with Gasteiger partial charge in [-0.15, -0.1) is 0 Å². The van der Waals surface area contributed by atoms with Crippen molar-refractivity contribution in [2.24, 2.45) is 0 Å². The zero-order valence-electron chi connectivity index (χ0n) is 8.62. The highest BCUT2D eigenvalue weighted by molar-refractivity contribution is 9.10. The molecule has 0 saturated heterocycles. The second-order valence-corrected chi connectivity index (χ2v) is 4.24. The van der Waals surface area contributed by atoms with E-state index in [1.807, 2.05) is 0 Å². The van der Waals surface area contributed by atoms with E-state index in [1.54, 1.807) is 25.1 Å². The lowest BCUT2D eigenvalue weighted by atomic mass is 9.94. The van der Waals surface area contributed by atoms with E-state index in [9.17, 15) is 9.59 Å². The summed E-state index contributed by atoms with van der Waals surface area (Å²) in [7, 11) is 0. The lowest BCUT2D eigenvalue weighted by molar-refractivity contribution is 0.0892. The monoisotopic (exact) mass is 280 g/mol. The van der Waals surface area contributed by atoms with Gasteiger partial charge < -0.3 is 4.74 Å². The third-order valence-electron chi connectivity index (χ3n) is 2.28. The summed E-state index contributed by atoms with van der Waals surface area (Å²) in [5.41, 5.74) is 0.821. The Hall–Kier alpha value is -1.42. The molecular formula is C12H9BrO3. The molecule has 1 aliphatic rings. The molecule has 1 aliphatic carbocycles. The van der Waals surface area contributed by atoms with Crippen molar-refractivity contribution in [2.75, 3.05) is 6.61 Å². The van der Waals surface area contributed by atoms with Crippen molar-refractivity contribution in [3.63, 3.8) is 0 Å². The van der Waals surface area contributed by atoms with Crippen molar-refractivity contribution in [1.82, 2.24) is 0 Å². The molecule has 0 radical (unpaired) electrons. The average Bonchev–Trinajstić information content (AvgIpc) is 2.25. The summed E-state index contributed by atoms with van der Waals surface area (Å²) in [4.78, 5) is 23.6. The minimum Gasteiger partial charge on any atom is -0.490 e. The van der Waals surface area contributed by atoms with Crippen LogP contribution in [-0.4, -0.2) is 18.2 Å². The molecule has 1 aromatic carbocycles. The van der Waals surface area contributed by atoms with Gasteiger partial charge in [0.25, 0.3) is 0 Å². The molecule has 3 nitrogen and oxygen atoms in total. The highest BCUT2D eigenvalue weighted by Gasteiger charge is 2.26. The van der Waals surface area contributed by atoms with E-state index >= 15 is 0 Å². The van der Waals surface area contributed by atoms with Crippen LogP contribution < -0.4 is 0 Å². The molecule has 0 aliphatic heterocycles. The highest BCUT2D eigenvalue weighted by Crippen LogP contribution is 2.25. The van der Waals surface area contributed by atoms with Gasteiger partial charge in [0, 0.05) is 21.7 Å². The quantitative estimate of drug-likeness (QED) is 0.837. The topological polar surface area (TPSA) is 43.4 Å². The van der Waals surface area contributed by atoms with E-state index in [0.717, 1.165) is 4.47 Å². The van der Waals surface area contributed by atoms with Gasteiger partial charge in [0.05, 0.1) is 6.61 Å². The molecule has 0 atom stereocenters. The van der Waals surface area contributed by atoms with Gasteiger partial charge in [0.2, 0.25) is 5.78 Å². The lowest BCUT2D eigenvalue weighted by Gasteiger charge is -2.15. The van der Waals surface area contributed by atoms with Crippen LogP contribution in [0.15, 0.2) is 34.5 Å². The Morgan fingerprint density at radius 1 is 1.25 bits per heavy atom.